The molecule has 0 saturated heterocycles. The highest BCUT2D eigenvalue weighted by Crippen LogP contribution is 2.20. The molecule has 126 valence electrons. The molecule has 6 nitrogen and oxygen atoms in total. The van der Waals surface area contributed by atoms with Gasteiger partial charge in [0.15, 0.2) is 6.10 Å². The highest BCUT2D eigenvalue weighted by atomic mass is 79.9. The number of benzene rings is 1. The van der Waals surface area contributed by atoms with Gasteiger partial charge in [0.2, 0.25) is 0 Å². The average Bonchev–Trinajstić information content (AvgIpc) is 2.45. The summed E-state index contributed by atoms with van der Waals surface area (Å²) in [5, 5.41) is 4.63. The standard InChI is InChI=1S/C15H19BrN2O4S/c1-9(2)17-15(21)18-14(20)10(3)22-13(19)8-23-12-6-4-11(16)5-7-12/h4-7,9-10H,8H2,1-3H3,(H2,17,18,20,21)/t10-/m1/s1. The van der Waals surface area contributed by atoms with Crippen LogP contribution >= 0.6 is 27.7 Å². The minimum absolute atomic E-state index is 0.0808. The van der Waals surface area contributed by atoms with Crippen molar-refractivity contribution in [1.82, 2.24) is 10.6 Å². The van der Waals surface area contributed by atoms with Crippen LogP contribution < -0.4 is 10.6 Å². The van der Waals surface area contributed by atoms with Gasteiger partial charge in [0.05, 0.1) is 5.75 Å². The van der Waals surface area contributed by atoms with E-state index in [-0.39, 0.29) is 11.8 Å². The average molecular weight is 403 g/mol. The Morgan fingerprint density at radius 2 is 1.78 bits per heavy atom. The molecule has 0 unspecified atom stereocenters. The van der Waals surface area contributed by atoms with Gasteiger partial charge in [-0.05, 0) is 45.0 Å². The first-order valence-corrected chi connectivity index (χ1v) is 8.75. The number of rotatable bonds is 6. The van der Waals surface area contributed by atoms with Crippen LogP contribution in [0.2, 0.25) is 0 Å². The normalized spacial score (nSPS) is 11.7. The molecule has 0 bridgehead atoms. The zero-order valence-corrected chi connectivity index (χ0v) is 15.5. The maximum Gasteiger partial charge on any atom is 0.321 e. The molecule has 3 amide bonds. The molecule has 1 aromatic rings. The summed E-state index contributed by atoms with van der Waals surface area (Å²) in [5.41, 5.74) is 0. The van der Waals surface area contributed by atoms with E-state index in [4.69, 9.17) is 4.74 Å². The number of carbonyl (C=O) groups is 3. The van der Waals surface area contributed by atoms with Gasteiger partial charge < -0.3 is 10.1 Å². The maximum absolute atomic E-state index is 11.7. The molecule has 23 heavy (non-hydrogen) atoms. The van der Waals surface area contributed by atoms with Gasteiger partial charge in [-0.1, -0.05) is 15.9 Å². The second-order valence-corrected chi connectivity index (χ2v) is 6.96. The zero-order valence-electron chi connectivity index (χ0n) is 13.1. The molecule has 8 heteroatoms. The third kappa shape index (κ3) is 8.03. The first-order chi connectivity index (χ1) is 10.8. The quantitative estimate of drug-likeness (QED) is 0.564. The van der Waals surface area contributed by atoms with E-state index in [2.05, 4.69) is 26.6 Å². The fourth-order valence-corrected chi connectivity index (χ4v) is 2.42. The molecule has 2 N–H and O–H groups in total. The zero-order chi connectivity index (χ0) is 17.4. The molecule has 0 radical (unpaired) electrons. The number of amides is 3. The third-order valence-electron chi connectivity index (χ3n) is 2.50. The van der Waals surface area contributed by atoms with E-state index in [1.165, 1.54) is 18.7 Å². The summed E-state index contributed by atoms with van der Waals surface area (Å²) in [6.45, 7) is 4.96. The van der Waals surface area contributed by atoms with Crippen LogP contribution in [0.3, 0.4) is 0 Å². The Hall–Kier alpha value is -1.54. The molecule has 0 aromatic heterocycles. The van der Waals surface area contributed by atoms with E-state index >= 15 is 0 Å². The highest BCUT2D eigenvalue weighted by molar-refractivity contribution is 9.10. The molecule has 1 atom stereocenters. The molecular formula is C15H19BrN2O4S. The van der Waals surface area contributed by atoms with Gasteiger partial charge in [-0.15, -0.1) is 11.8 Å². The Kier molecular flexibility index (Phi) is 8.11. The summed E-state index contributed by atoms with van der Waals surface area (Å²) >= 11 is 4.64. The fourth-order valence-electron chi connectivity index (χ4n) is 1.47. The Balaban J connectivity index is 2.36. The number of ether oxygens (including phenoxy) is 1. The van der Waals surface area contributed by atoms with Gasteiger partial charge >= 0.3 is 12.0 Å². The van der Waals surface area contributed by atoms with Crippen molar-refractivity contribution in [2.24, 2.45) is 0 Å². The van der Waals surface area contributed by atoms with Crippen LogP contribution in [-0.4, -0.2) is 35.8 Å². The van der Waals surface area contributed by atoms with Crippen molar-refractivity contribution in [2.45, 2.75) is 37.8 Å². The SMILES string of the molecule is CC(C)NC(=O)NC(=O)[C@@H](C)OC(=O)CSc1ccc(Br)cc1. The fraction of sp³-hybridized carbons (Fsp3) is 0.400. The topological polar surface area (TPSA) is 84.5 Å². The van der Waals surface area contributed by atoms with E-state index in [0.717, 1.165) is 9.37 Å². The first kappa shape index (κ1) is 19.5. The minimum Gasteiger partial charge on any atom is -0.452 e. The number of carbonyl (C=O) groups excluding carboxylic acids is 3. The summed E-state index contributed by atoms with van der Waals surface area (Å²) < 4.78 is 5.96. The molecule has 1 aromatic carbocycles. The highest BCUT2D eigenvalue weighted by Gasteiger charge is 2.20. The summed E-state index contributed by atoms with van der Waals surface area (Å²) in [5.74, 6) is -1.10. The summed E-state index contributed by atoms with van der Waals surface area (Å²) in [7, 11) is 0. The number of imide groups is 1. The van der Waals surface area contributed by atoms with Crippen LogP contribution in [0.25, 0.3) is 0 Å². The molecule has 0 aliphatic heterocycles. The van der Waals surface area contributed by atoms with Gasteiger partial charge in [0, 0.05) is 15.4 Å². The lowest BCUT2D eigenvalue weighted by molar-refractivity contribution is -0.151. The van der Waals surface area contributed by atoms with E-state index in [9.17, 15) is 14.4 Å². The minimum atomic E-state index is -1.04. The summed E-state index contributed by atoms with van der Waals surface area (Å²) in [4.78, 5) is 35.8. The lowest BCUT2D eigenvalue weighted by Crippen LogP contribution is -2.46. The van der Waals surface area contributed by atoms with Crippen LogP contribution in [0.1, 0.15) is 20.8 Å². The van der Waals surface area contributed by atoms with Crippen LogP contribution in [-0.2, 0) is 14.3 Å². The number of esters is 1. The van der Waals surface area contributed by atoms with Gasteiger partial charge in [-0.3, -0.25) is 14.9 Å². The van der Waals surface area contributed by atoms with Crippen LogP contribution in [0.15, 0.2) is 33.6 Å². The molecule has 0 fully saturated rings. The number of hydrogen-bond acceptors (Lipinski definition) is 5. The van der Waals surface area contributed by atoms with Crippen molar-refractivity contribution >= 4 is 45.6 Å². The van der Waals surface area contributed by atoms with Crippen LogP contribution in [0.5, 0.6) is 0 Å². The molecule has 0 heterocycles. The van der Waals surface area contributed by atoms with Gasteiger partial charge in [0.25, 0.3) is 5.91 Å². The maximum atomic E-state index is 11.7. The Bertz CT molecular complexity index is 563. The lowest BCUT2D eigenvalue weighted by Gasteiger charge is -2.14. The van der Waals surface area contributed by atoms with E-state index in [1.807, 2.05) is 24.3 Å². The smallest absolute Gasteiger partial charge is 0.321 e. The van der Waals surface area contributed by atoms with E-state index in [0.29, 0.717) is 0 Å². The number of halogens is 1. The molecule has 0 spiro atoms. The Morgan fingerprint density at radius 1 is 1.17 bits per heavy atom. The summed E-state index contributed by atoms with van der Waals surface area (Å²) in [6, 6.07) is 6.77. The van der Waals surface area contributed by atoms with Crippen molar-refractivity contribution in [3.8, 4) is 0 Å². The first-order valence-electron chi connectivity index (χ1n) is 6.97. The van der Waals surface area contributed by atoms with E-state index < -0.39 is 24.0 Å². The van der Waals surface area contributed by atoms with Crippen molar-refractivity contribution in [2.75, 3.05) is 5.75 Å². The lowest BCUT2D eigenvalue weighted by atomic mass is 10.3. The van der Waals surface area contributed by atoms with Gasteiger partial charge in [-0.25, -0.2) is 4.79 Å². The molecule has 0 aliphatic carbocycles. The van der Waals surface area contributed by atoms with Crippen molar-refractivity contribution in [1.29, 1.82) is 0 Å². The predicted molar refractivity (Wildman–Crippen MR) is 92.2 cm³/mol. The molecular weight excluding hydrogens is 384 g/mol. The Labute approximate surface area is 147 Å². The second kappa shape index (κ2) is 9.57. The van der Waals surface area contributed by atoms with Crippen LogP contribution in [0, 0.1) is 0 Å². The monoisotopic (exact) mass is 402 g/mol. The summed E-state index contributed by atoms with van der Waals surface area (Å²) in [6.07, 6.45) is -1.04. The molecule has 0 saturated carbocycles. The molecule has 0 aliphatic rings. The van der Waals surface area contributed by atoms with Gasteiger partial charge in [0.1, 0.15) is 0 Å². The van der Waals surface area contributed by atoms with E-state index in [1.54, 1.807) is 13.8 Å². The van der Waals surface area contributed by atoms with Gasteiger partial charge in [-0.2, -0.15) is 0 Å². The number of nitrogens with one attached hydrogen (secondary N) is 2. The van der Waals surface area contributed by atoms with Crippen molar-refractivity contribution in [3.63, 3.8) is 0 Å². The predicted octanol–water partition coefficient (Wildman–Crippen LogP) is 2.71. The number of hydrogen-bond donors (Lipinski definition) is 2. The molecule has 1 rings (SSSR count). The second-order valence-electron chi connectivity index (χ2n) is 4.99. The largest absolute Gasteiger partial charge is 0.452 e. The number of thioether (sulfide) groups is 1. The van der Waals surface area contributed by atoms with Crippen molar-refractivity contribution in [3.05, 3.63) is 28.7 Å². The Morgan fingerprint density at radius 3 is 2.35 bits per heavy atom. The number of urea groups is 1. The van der Waals surface area contributed by atoms with Crippen LogP contribution in [0.4, 0.5) is 4.79 Å². The third-order valence-corrected chi connectivity index (χ3v) is 4.02. The van der Waals surface area contributed by atoms with Crippen molar-refractivity contribution < 1.29 is 19.1 Å².